The summed E-state index contributed by atoms with van der Waals surface area (Å²) in [6.07, 6.45) is 0.724. The van der Waals surface area contributed by atoms with Gasteiger partial charge >= 0.3 is 10.1 Å². The summed E-state index contributed by atoms with van der Waals surface area (Å²) in [6, 6.07) is 10.4. The van der Waals surface area contributed by atoms with Crippen molar-refractivity contribution in [3.05, 3.63) is 53.1 Å². The summed E-state index contributed by atoms with van der Waals surface area (Å²) in [5, 5.41) is 0. The molecule has 21 heavy (non-hydrogen) atoms. The number of hydrogen-bond acceptors (Lipinski definition) is 4. The highest BCUT2D eigenvalue weighted by Crippen LogP contribution is 2.30. The lowest BCUT2D eigenvalue weighted by atomic mass is 10.1. The lowest BCUT2D eigenvalue weighted by Gasteiger charge is -2.12. The lowest BCUT2D eigenvalue weighted by molar-refractivity contribution is 0.356. The highest BCUT2D eigenvalue weighted by atomic mass is 32.2. The van der Waals surface area contributed by atoms with Crippen LogP contribution in [0.4, 0.5) is 0 Å². The molecule has 2 aromatic rings. The van der Waals surface area contributed by atoms with Crippen LogP contribution in [-0.4, -0.2) is 15.0 Å². The fourth-order valence-corrected chi connectivity index (χ4v) is 3.51. The van der Waals surface area contributed by atoms with Crippen LogP contribution in [0.25, 0.3) is 0 Å². The average molecular weight is 304 g/mol. The van der Waals surface area contributed by atoms with Crippen LogP contribution in [0.3, 0.4) is 0 Å². The van der Waals surface area contributed by atoms with Crippen molar-refractivity contribution in [1.82, 2.24) is 0 Å². The first-order valence-electron chi connectivity index (χ1n) is 6.74. The van der Waals surface area contributed by atoms with E-state index in [1.807, 2.05) is 32.0 Å². The first-order chi connectivity index (χ1) is 9.97. The molecule has 5 heteroatoms. The third-order valence-corrected chi connectivity index (χ3v) is 4.77. The molecule has 0 N–H and O–H groups in total. The molecule has 0 amide bonds. The van der Waals surface area contributed by atoms with Crippen molar-refractivity contribution in [2.45, 2.75) is 25.2 Å². The van der Waals surface area contributed by atoms with E-state index in [4.69, 9.17) is 8.92 Å². The molecule has 0 fully saturated rings. The predicted molar refractivity (Wildman–Crippen MR) is 79.4 cm³/mol. The van der Waals surface area contributed by atoms with Gasteiger partial charge in [-0.2, -0.15) is 8.42 Å². The number of benzene rings is 2. The van der Waals surface area contributed by atoms with Gasteiger partial charge in [0.25, 0.3) is 0 Å². The number of aryl methyl sites for hydroxylation is 2. The molecule has 1 aliphatic heterocycles. The van der Waals surface area contributed by atoms with E-state index in [9.17, 15) is 8.42 Å². The molecule has 0 spiro atoms. The van der Waals surface area contributed by atoms with Gasteiger partial charge in [0.1, 0.15) is 16.4 Å². The minimum Gasteiger partial charge on any atom is -0.493 e. The van der Waals surface area contributed by atoms with Gasteiger partial charge in [0.15, 0.2) is 0 Å². The van der Waals surface area contributed by atoms with Crippen molar-refractivity contribution >= 4 is 10.1 Å². The Morgan fingerprint density at radius 2 is 1.81 bits per heavy atom. The largest absolute Gasteiger partial charge is 0.493 e. The molecule has 0 unspecified atom stereocenters. The topological polar surface area (TPSA) is 52.6 Å². The average Bonchev–Trinajstić information content (AvgIpc) is 2.90. The summed E-state index contributed by atoms with van der Waals surface area (Å²) >= 11 is 0. The molecule has 110 valence electrons. The summed E-state index contributed by atoms with van der Waals surface area (Å²) in [5.74, 6) is 1.15. The quantitative estimate of drug-likeness (QED) is 0.818. The second-order valence-electron chi connectivity index (χ2n) is 5.13. The highest BCUT2D eigenvalue weighted by molar-refractivity contribution is 7.87. The van der Waals surface area contributed by atoms with Crippen molar-refractivity contribution in [3.63, 3.8) is 0 Å². The molecule has 3 rings (SSSR count). The van der Waals surface area contributed by atoms with E-state index in [-0.39, 0.29) is 4.90 Å². The molecule has 0 atom stereocenters. The Labute approximate surface area is 124 Å². The van der Waals surface area contributed by atoms with Crippen molar-refractivity contribution in [1.29, 1.82) is 0 Å². The minimum absolute atomic E-state index is 0.161. The van der Waals surface area contributed by atoms with Crippen molar-refractivity contribution in [2.75, 3.05) is 6.61 Å². The molecule has 0 aromatic heterocycles. The Bertz CT molecular complexity index is 774. The summed E-state index contributed by atoms with van der Waals surface area (Å²) in [4.78, 5) is 0.161. The van der Waals surface area contributed by atoms with Crippen LogP contribution in [0.5, 0.6) is 11.5 Å². The number of rotatable bonds is 3. The van der Waals surface area contributed by atoms with E-state index in [2.05, 4.69) is 0 Å². The van der Waals surface area contributed by atoms with Gasteiger partial charge in [-0.05, 0) is 48.7 Å². The molecule has 0 saturated heterocycles. The molecule has 0 saturated carbocycles. The van der Waals surface area contributed by atoms with Crippen molar-refractivity contribution in [2.24, 2.45) is 0 Å². The third kappa shape index (κ3) is 2.61. The predicted octanol–water partition coefficient (Wildman–Crippen LogP) is 3.01. The van der Waals surface area contributed by atoms with Crippen LogP contribution >= 0.6 is 0 Å². The second kappa shape index (κ2) is 5.07. The Morgan fingerprint density at radius 3 is 2.52 bits per heavy atom. The van der Waals surface area contributed by atoms with Gasteiger partial charge in [-0.3, -0.25) is 0 Å². The smallest absolute Gasteiger partial charge is 0.339 e. The molecule has 4 nitrogen and oxygen atoms in total. The SMILES string of the molecule is Cc1cccc(C)c1OS(=O)(=O)c1ccc2c(c1)CCO2. The zero-order chi connectivity index (χ0) is 15.0. The summed E-state index contributed by atoms with van der Waals surface area (Å²) in [6.45, 7) is 4.25. The first-order valence-corrected chi connectivity index (χ1v) is 8.14. The lowest BCUT2D eigenvalue weighted by Crippen LogP contribution is -2.11. The van der Waals surface area contributed by atoms with Gasteiger partial charge in [0.2, 0.25) is 0 Å². The first kappa shape index (κ1) is 13.9. The van der Waals surface area contributed by atoms with Crippen LogP contribution in [0.1, 0.15) is 16.7 Å². The van der Waals surface area contributed by atoms with Crippen LogP contribution in [0.2, 0.25) is 0 Å². The van der Waals surface area contributed by atoms with Crippen molar-refractivity contribution in [3.8, 4) is 11.5 Å². The number of para-hydroxylation sites is 1. The molecule has 0 bridgehead atoms. The Hall–Kier alpha value is -2.01. The van der Waals surface area contributed by atoms with Crippen LogP contribution < -0.4 is 8.92 Å². The normalized spacial score (nSPS) is 13.6. The van der Waals surface area contributed by atoms with Gasteiger partial charge in [-0.15, -0.1) is 0 Å². The van der Waals surface area contributed by atoms with E-state index < -0.39 is 10.1 Å². The fourth-order valence-electron chi connectivity index (χ4n) is 2.41. The minimum atomic E-state index is -3.84. The summed E-state index contributed by atoms with van der Waals surface area (Å²) in [7, 11) is -3.84. The molecule has 2 aromatic carbocycles. The van der Waals surface area contributed by atoms with Gasteiger partial charge in [0.05, 0.1) is 6.61 Å². The van der Waals surface area contributed by atoms with Crippen LogP contribution in [-0.2, 0) is 16.5 Å². The molecule has 0 radical (unpaired) electrons. The highest BCUT2D eigenvalue weighted by Gasteiger charge is 2.22. The maximum absolute atomic E-state index is 12.4. The van der Waals surface area contributed by atoms with E-state index in [0.717, 1.165) is 28.9 Å². The van der Waals surface area contributed by atoms with Crippen molar-refractivity contribution < 1.29 is 17.3 Å². The molecular weight excluding hydrogens is 288 g/mol. The Kier molecular flexibility index (Phi) is 3.37. The zero-order valence-electron chi connectivity index (χ0n) is 11.9. The fraction of sp³-hybridized carbons (Fsp3) is 0.250. The number of ether oxygens (including phenoxy) is 1. The third-order valence-electron chi connectivity index (χ3n) is 3.55. The van der Waals surface area contributed by atoms with E-state index in [1.54, 1.807) is 12.1 Å². The maximum atomic E-state index is 12.4. The number of hydrogen-bond donors (Lipinski definition) is 0. The standard InChI is InChI=1S/C16H16O4S/c1-11-4-3-5-12(2)16(11)20-21(17,18)14-6-7-15-13(10-14)8-9-19-15/h3-7,10H,8-9H2,1-2H3. The molecule has 0 aliphatic carbocycles. The summed E-state index contributed by atoms with van der Waals surface area (Å²) in [5.41, 5.74) is 2.49. The molecule has 1 heterocycles. The Balaban J connectivity index is 1.98. The van der Waals surface area contributed by atoms with E-state index >= 15 is 0 Å². The van der Waals surface area contributed by atoms with E-state index in [1.165, 1.54) is 6.07 Å². The Morgan fingerprint density at radius 1 is 1.10 bits per heavy atom. The van der Waals surface area contributed by atoms with Gasteiger partial charge in [-0.1, -0.05) is 18.2 Å². The van der Waals surface area contributed by atoms with E-state index in [0.29, 0.717) is 12.4 Å². The zero-order valence-corrected chi connectivity index (χ0v) is 12.7. The van der Waals surface area contributed by atoms with Gasteiger partial charge in [0, 0.05) is 6.42 Å². The van der Waals surface area contributed by atoms with Crippen LogP contribution in [0, 0.1) is 13.8 Å². The van der Waals surface area contributed by atoms with Crippen LogP contribution in [0.15, 0.2) is 41.3 Å². The van der Waals surface area contributed by atoms with Gasteiger partial charge in [-0.25, -0.2) is 0 Å². The molecular formula is C16H16O4S. The monoisotopic (exact) mass is 304 g/mol. The summed E-state index contributed by atoms with van der Waals surface area (Å²) < 4.78 is 35.6. The molecule has 1 aliphatic rings. The number of fused-ring (bicyclic) bond motifs is 1. The van der Waals surface area contributed by atoms with Gasteiger partial charge < -0.3 is 8.92 Å². The second-order valence-corrected chi connectivity index (χ2v) is 6.67. The maximum Gasteiger partial charge on any atom is 0.339 e.